The molecule has 2 rings (SSSR count). The summed E-state index contributed by atoms with van der Waals surface area (Å²) in [6.07, 6.45) is 1.77. The largest absolute Gasteiger partial charge is 0.317 e. The minimum Gasteiger partial charge on any atom is -0.317 e. The third kappa shape index (κ3) is 2.49. The Bertz CT molecular complexity index is 418. The molecule has 2 heterocycles. The Morgan fingerprint density at radius 1 is 1.53 bits per heavy atom. The van der Waals surface area contributed by atoms with Gasteiger partial charge in [-0.25, -0.2) is 0 Å². The smallest absolute Gasteiger partial charge is 0.231 e. The molecule has 17 heavy (non-hydrogen) atoms. The summed E-state index contributed by atoms with van der Waals surface area (Å²) in [5, 5.41) is 10.5. The highest BCUT2D eigenvalue weighted by Gasteiger charge is 2.34. The molecule has 0 aliphatic carbocycles. The molecule has 1 aliphatic rings. The number of carbonyl (C=O) groups excluding carboxylic acids is 1. The number of amides is 1. The zero-order chi connectivity index (χ0) is 12.5. The van der Waals surface area contributed by atoms with E-state index < -0.39 is 0 Å². The van der Waals surface area contributed by atoms with Crippen molar-refractivity contribution in [2.24, 2.45) is 12.5 Å². The first-order valence-electron chi connectivity index (χ1n) is 6.04. The molecule has 5 heteroatoms. The molecule has 1 saturated heterocycles. The van der Waals surface area contributed by atoms with Gasteiger partial charge in [0.15, 0.2) is 0 Å². The van der Waals surface area contributed by atoms with Gasteiger partial charge in [0.2, 0.25) is 5.91 Å². The molecular weight excluding hydrogens is 216 g/mol. The van der Waals surface area contributed by atoms with Crippen LogP contribution in [-0.4, -0.2) is 28.8 Å². The molecule has 1 aromatic rings. The molecule has 94 valence electrons. The molecule has 0 unspecified atom stereocenters. The quantitative estimate of drug-likeness (QED) is 0.807. The third-order valence-corrected chi connectivity index (χ3v) is 3.50. The zero-order valence-corrected chi connectivity index (χ0v) is 10.7. The second-order valence-corrected chi connectivity index (χ2v) is 5.06. The highest BCUT2D eigenvalue weighted by molar-refractivity contribution is 5.94. The number of anilines is 1. The van der Waals surface area contributed by atoms with Gasteiger partial charge in [-0.15, -0.1) is 0 Å². The second-order valence-electron chi connectivity index (χ2n) is 5.06. The lowest BCUT2D eigenvalue weighted by atomic mass is 9.80. The Morgan fingerprint density at radius 3 is 2.71 bits per heavy atom. The van der Waals surface area contributed by atoms with Crippen molar-refractivity contribution < 1.29 is 4.79 Å². The van der Waals surface area contributed by atoms with Gasteiger partial charge in [-0.3, -0.25) is 9.48 Å². The second kappa shape index (κ2) is 4.49. The molecule has 0 saturated carbocycles. The first-order chi connectivity index (χ1) is 8.01. The number of hydrogen-bond donors (Lipinski definition) is 2. The molecule has 1 aromatic heterocycles. The van der Waals surface area contributed by atoms with Crippen LogP contribution in [0.4, 0.5) is 5.82 Å². The van der Waals surface area contributed by atoms with Crippen molar-refractivity contribution in [3.63, 3.8) is 0 Å². The van der Waals surface area contributed by atoms with Crippen LogP contribution >= 0.6 is 0 Å². The summed E-state index contributed by atoms with van der Waals surface area (Å²) in [5.74, 6) is 0.870. The van der Waals surface area contributed by atoms with Crippen molar-refractivity contribution in [3.8, 4) is 0 Å². The van der Waals surface area contributed by atoms with E-state index in [2.05, 4.69) is 15.7 Å². The van der Waals surface area contributed by atoms with E-state index in [1.54, 1.807) is 4.68 Å². The number of aryl methyl sites for hydroxylation is 2. The first kappa shape index (κ1) is 12.1. The normalized spacial score (nSPS) is 19.0. The third-order valence-electron chi connectivity index (χ3n) is 3.50. The predicted octanol–water partition coefficient (Wildman–Crippen LogP) is 1.06. The summed E-state index contributed by atoms with van der Waals surface area (Å²) in [6, 6.07) is 1.89. The predicted molar refractivity (Wildman–Crippen MR) is 66.8 cm³/mol. The summed E-state index contributed by atoms with van der Waals surface area (Å²) < 4.78 is 1.71. The van der Waals surface area contributed by atoms with Crippen molar-refractivity contribution in [2.45, 2.75) is 26.7 Å². The monoisotopic (exact) mass is 236 g/mol. The van der Waals surface area contributed by atoms with Crippen molar-refractivity contribution in [1.29, 1.82) is 0 Å². The van der Waals surface area contributed by atoms with E-state index >= 15 is 0 Å². The van der Waals surface area contributed by atoms with Gasteiger partial charge in [0, 0.05) is 18.5 Å². The Balaban J connectivity index is 2.08. The molecule has 0 atom stereocenters. The van der Waals surface area contributed by atoms with Gasteiger partial charge in [-0.2, -0.15) is 5.10 Å². The summed E-state index contributed by atoms with van der Waals surface area (Å²) in [7, 11) is 1.84. The Kier molecular flexibility index (Phi) is 3.19. The maximum atomic E-state index is 12.3. The van der Waals surface area contributed by atoms with Gasteiger partial charge in [0.1, 0.15) is 5.82 Å². The van der Waals surface area contributed by atoms with Gasteiger partial charge in [0.05, 0.1) is 5.69 Å². The number of hydrogen-bond acceptors (Lipinski definition) is 3. The average Bonchev–Trinajstić information content (AvgIpc) is 2.58. The van der Waals surface area contributed by atoms with Crippen molar-refractivity contribution in [3.05, 3.63) is 11.8 Å². The van der Waals surface area contributed by atoms with E-state index in [1.165, 1.54) is 0 Å². The van der Waals surface area contributed by atoms with Crippen LogP contribution in [0, 0.1) is 12.3 Å². The van der Waals surface area contributed by atoms with Crippen LogP contribution in [0.5, 0.6) is 0 Å². The minimum absolute atomic E-state index is 0.0991. The fraction of sp³-hybridized carbons (Fsp3) is 0.667. The Morgan fingerprint density at radius 2 is 2.18 bits per heavy atom. The van der Waals surface area contributed by atoms with E-state index in [-0.39, 0.29) is 11.3 Å². The van der Waals surface area contributed by atoms with E-state index in [0.29, 0.717) is 0 Å². The van der Waals surface area contributed by atoms with E-state index in [0.717, 1.165) is 37.4 Å². The SMILES string of the molecule is Cc1cc(NC(=O)C2(C)CCNCC2)n(C)n1. The number of carbonyl (C=O) groups is 1. The number of nitrogens with zero attached hydrogens (tertiary/aromatic N) is 2. The van der Waals surface area contributed by atoms with Crippen LogP contribution in [-0.2, 0) is 11.8 Å². The average molecular weight is 236 g/mol. The lowest BCUT2D eigenvalue weighted by Crippen LogP contribution is -2.43. The van der Waals surface area contributed by atoms with Crippen LogP contribution < -0.4 is 10.6 Å². The molecule has 2 N–H and O–H groups in total. The lowest BCUT2D eigenvalue weighted by Gasteiger charge is -2.32. The fourth-order valence-corrected chi connectivity index (χ4v) is 2.20. The molecular formula is C12H20N4O. The van der Waals surface area contributed by atoms with E-state index in [4.69, 9.17) is 0 Å². The van der Waals surface area contributed by atoms with Crippen LogP contribution in [0.25, 0.3) is 0 Å². The number of nitrogens with one attached hydrogen (secondary N) is 2. The van der Waals surface area contributed by atoms with Gasteiger partial charge in [0.25, 0.3) is 0 Å². The van der Waals surface area contributed by atoms with Gasteiger partial charge in [-0.1, -0.05) is 6.92 Å². The summed E-state index contributed by atoms with van der Waals surface area (Å²) in [4.78, 5) is 12.3. The summed E-state index contributed by atoms with van der Waals surface area (Å²) >= 11 is 0. The molecule has 1 fully saturated rings. The van der Waals surface area contributed by atoms with E-state index in [1.807, 2.05) is 27.0 Å². The number of rotatable bonds is 2. The standard InChI is InChI=1S/C12H20N4O/c1-9-8-10(16(3)15-9)14-11(17)12(2)4-6-13-7-5-12/h8,13H,4-7H2,1-3H3,(H,14,17). The van der Waals surface area contributed by atoms with Crippen molar-refractivity contribution in [1.82, 2.24) is 15.1 Å². The van der Waals surface area contributed by atoms with Crippen LogP contribution in [0.1, 0.15) is 25.5 Å². The van der Waals surface area contributed by atoms with Gasteiger partial charge < -0.3 is 10.6 Å². The van der Waals surface area contributed by atoms with E-state index in [9.17, 15) is 4.79 Å². The Hall–Kier alpha value is -1.36. The maximum absolute atomic E-state index is 12.3. The minimum atomic E-state index is -0.260. The zero-order valence-electron chi connectivity index (χ0n) is 10.7. The molecule has 1 aliphatic heterocycles. The number of aromatic nitrogens is 2. The molecule has 1 amide bonds. The summed E-state index contributed by atoms with van der Waals surface area (Å²) in [6.45, 7) is 5.77. The van der Waals surface area contributed by atoms with Crippen LogP contribution in [0.3, 0.4) is 0 Å². The van der Waals surface area contributed by atoms with Crippen molar-refractivity contribution >= 4 is 11.7 Å². The highest BCUT2D eigenvalue weighted by Crippen LogP contribution is 2.29. The highest BCUT2D eigenvalue weighted by atomic mass is 16.2. The van der Waals surface area contributed by atoms with Crippen molar-refractivity contribution in [2.75, 3.05) is 18.4 Å². The fourth-order valence-electron chi connectivity index (χ4n) is 2.20. The topological polar surface area (TPSA) is 59.0 Å². The van der Waals surface area contributed by atoms with Gasteiger partial charge >= 0.3 is 0 Å². The van der Waals surface area contributed by atoms with Crippen LogP contribution in [0.15, 0.2) is 6.07 Å². The molecule has 0 aromatic carbocycles. The van der Waals surface area contributed by atoms with Gasteiger partial charge in [-0.05, 0) is 32.9 Å². The molecule has 0 bridgehead atoms. The molecule has 5 nitrogen and oxygen atoms in total. The lowest BCUT2D eigenvalue weighted by molar-refractivity contribution is -0.126. The summed E-state index contributed by atoms with van der Waals surface area (Å²) in [5.41, 5.74) is 0.655. The molecule has 0 radical (unpaired) electrons. The Labute approximate surface area is 102 Å². The molecule has 0 spiro atoms. The van der Waals surface area contributed by atoms with Crippen LogP contribution in [0.2, 0.25) is 0 Å². The maximum Gasteiger partial charge on any atom is 0.231 e. The number of piperidine rings is 1. The first-order valence-corrected chi connectivity index (χ1v) is 6.04.